The minimum absolute atomic E-state index is 0.0787. The molecule has 6 nitrogen and oxygen atoms in total. The Morgan fingerprint density at radius 3 is 2.63 bits per heavy atom. The molecule has 0 unspecified atom stereocenters. The number of aromatic nitrogens is 1. The van der Waals surface area contributed by atoms with E-state index in [0.29, 0.717) is 0 Å². The SMILES string of the molecule is O=C(O)CN(C(=O)c1ncccc1O)C1CCCC1. The summed E-state index contributed by atoms with van der Waals surface area (Å²) in [6, 6.07) is 2.81. The van der Waals surface area contributed by atoms with Crippen molar-refractivity contribution in [3.63, 3.8) is 0 Å². The number of rotatable bonds is 4. The van der Waals surface area contributed by atoms with Gasteiger partial charge in [0.15, 0.2) is 5.69 Å². The van der Waals surface area contributed by atoms with Gasteiger partial charge in [0, 0.05) is 12.2 Å². The molecule has 1 saturated carbocycles. The van der Waals surface area contributed by atoms with Crippen LogP contribution in [-0.2, 0) is 4.79 Å². The molecule has 6 heteroatoms. The summed E-state index contributed by atoms with van der Waals surface area (Å²) in [6.45, 7) is -0.362. The van der Waals surface area contributed by atoms with Gasteiger partial charge in [0.1, 0.15) is 12.3 Å². The highest BCUT2D eigenvalue weighted by Crippen LogP contribution is 2.26. The third-order valence-electron chi connectivity index (χ3n) is 3.32. The number of carboxylic acid groups (broad SMARTS) is 1. The number of amides is 1. The minimum Gasteiger partial charge on any atom is -0.505 e. The first-order valence-electron chi connectivity index (χ1n) is 6.26. The van der Waals surface area contributed by atoms with Gasteiger partial charge in [0.05, 0.1) is 0 Å². The van der Waals surface area contributed by atoms with E-state index in [4.69, 9.17) is 5.11 Å². The van der Waals surface area contributed by atoms with Crippen LogP contribution in [0.2, 0.25) is 0 Å². The van der Waals surface area contributed by atoms with Crippen molar-refractivity contribution in [3.8, 4) is 5.75 Å². The quantitative estimate of drug-likeness (QED) is 0.854. The van der Waals surface area contributed by atoms with Gasteiger partial charge in [-0.05, 0) is 25.0 Å². The molecule has 1 aliphatic rings. The van der Waals surface area contributed by atoms with Gasteiger partial charge in [-0.3, -0.25) is 9.59 Å². The zero-order chi connectivity index (χ0) is 13.8. The highest BCUT2D eigenvalue weighted by Gasteiger charge is 2.30. The standard InChI is InChI=1S/C13H16N2O4/c16-10-6-3-7-14-12(10)13(19)15(8-11(17)18)9-4-1-2-5-9/h3,6-7,9,16H,1-2,4-5,8H2,(H,17,18). The fourth-order valence-electron chi connectivity index (χ4n) is 2.43. The molecule has 1 aromatic rings. The van der Waals surface area contributed by atoms with E-state index in [1.165, 1.54) is 23.2 Å². The van der Waals surface area contributed by atoms with Crippen molar-refractivity contribution in [3.05, 3.63) is 24.0 Å². The first kappa shape index (κ1) is 13.3. The Morgan fingerprint density at radius 2 is 2.05 bits per heavy atom. The Morgan fingerprint density at radius 1 is 1.37 bits per heavy atom. The molecular formula is C13H16N2O4. The molecule has 0 saturated heterocycles. The van der Waals surface area contributed by atoms with Crippen LogP contribution in [0.5, 0.6) is 5.75 Å². The zero-order valence-corrected chi connectivity index (χ0v) is 10.5. The van der Waals surface area contributed by atoms with Crippen molar-refractivity contribution in [1.82, 2.24) is 9.88 Å². The van der Waals surface area contributed by atoms with Gasteiger partial charge in [-0.25, -0.2) is 4.98 Å². The molecule has 0 spiro atoms. The predicted octanol–water partition coefficient (Wildman–Crippen LogP) is 1.26. The van der Waals surface area contributed by atoms with Gasteiger partial charge >= 0.3 is 5.97 Å². The number of carbonyl (C=O) groups excluding carboxylic acids is 1. The molecular weight excluding hydrogens is 248 g/mol. The third kappa shape index (κ3) is 3.01. The highest BCUT2D eigenvalue weighted by molar-refractivity contribution is 5.96. The summed E-state index contributed by atoms with van der Waals surface area (Å²) in [7, 11) is 0. The van der Waals surface area contributed by atoms with E-state index in [2.05, 4.69) is 4.98 Å². The lowest BCUT2D eigenvalue weighted by molar-refractivity contribution is -0.138. The van der Waals surface area contributed by atoms with Crippen LogP contribution in [-0.4, -0.2) is 44.6 Å². The number of aromatic hydroxyl groups is 1. The van der Waals surface area contributed by atoms with Gasteiger partial charge in [-0.15, -0.1) is 0 Å². The molecule has 1 fully saturated rings. The normalized spacial score (nSPS) is 15.4. The van der Waals surface area contributed by atoms with Gasteiger partial charge in [-0.1, -0.05) is 12.8 Å². The molecule has 102 valence electrons. The summed E-state index contributed by atoms with van der Waals surface area (Å²) in [6.07, 6.45) is 4.98. The molecule has 1 amide bonds. The summed E-state index contributed by atoms with van der Waals surface area (Å²) < 4.78 is 0. The average Bonchev–Trinajstić information content (AvgIpc) is 2.89. The number of hydrogen-bond acceptors (Lipinski definition) is 4. The Labute approximate surface area is 110 Å². The summed E-state index contributed by atoms with van der Waals surface area (Å²) in [5, 5.41) is 18.6. The Kier molecular flexibility index (Phi) is 3.99. The molecule has 1 aliphatic carbocycles. The summed E-state index contributed by atoms with van der Waals surface area (Å²) in [4.78, 5) is 28.4. The molecule has 0 atom stereocenters. The predicted molar refractivity (Wildman–Crippen MR) is 66.8 cm³/mol. The number of hydrogen-bond donors (Lipinski definition) is 2. The van der Waals surface area contributed by atoms with Gasteiger partial charge in [0.2, 0.25) is 0 Å². The van der Waals surface area contributed by atoms with E-state index >= 15 is 0 Å². The molecule has 0 aliphatic heterocycles. The lowest BCUT2D eigenvalue weighted by Crippen LogP contribution is -2.42. The van der Waals surface area contributed by atoms with Gasteiger partial charge < -0.3 is 15.1 Å². The Balaban J connectivity index is 2.24. The number of nitrogens with zero attached hydrogens (tertiary/aromatic N) is 2. The maximum absolute atomic E-state index is 12.3. The largest absolute Gasteiger partial charge is 0.505 e. The van der Waals surface area contributed by atoms with Crippen LogP contribution >= 0.6 is 0 Å². The maximum Gasteiger partial charge on any atom is 0.323 e. The fourth-order valence-corrected chi connectivity index (χ4v) is 2.43. The van der Waals surface area contributed by atoms with Crippen LogP contribution in [0.15, 0.2) is 18.3 Å². The monoisotopic (exact) mass is 264 g/mol. The molecule has 0 radical (unpaired) electrons. The van der Waals surface area contributed by atoms with E-state index in [0.717, 1.165) is 25.7 Å². The third-order valence-corrected chi connectivity index (χ3v) is 3.32. The second-order valence-electron chi connectivity index (χ2n) is 4.64. The second-order valence-corrected chi connectivity index (χ2v) is 4.64. The Hall–Kier alpha value is -2.11. The minimum atomic E-state index is -1.06. The summed E-state index contributed by atoms with van der Waals surface area (Å²) in [5.74, 6) is -1.80. The van der Waals surface area contributed by atoms with Crippen LogP contribution in [0.25, 0.3) is 0 Å². The molecule has 0 bridgehead atoms. The van der Waals surface area contributed by atoms with Gasteiger partial charge in [-0.2, -0.15) is 0 Å². The molecule has 19 heavy (non-hydrogen) atoms. The first-order chi connectivity index (χ1) is 9.09. The van der Waals surface area contributed by atoms with Crippen LogP contribution in [0.3, 0.4) is 0 Å². The Bertz CT molecular complexity index is 483. The summed E-state index contributed by atoms with van der Waals surface area (Å²) >= 11 is 0. The number of carbonyl (C=O) groups is 2. The lowest BCUT2D eigenvalue weighted by atomic mass is 10.2. The number of pyridine rings is 1. The second kappa shape index (κ2) is 5.69. The molecule has 1 heterocycles. The van der Waals surface area contributed by atoms with E-state index in [1.807, 2.05) is 0 Å². The highest BCUT2D eigenvalue weighted by atomic mass is 16.4. The lowest BCUT2D eigenvalue weighted by Gasteiger charge is -2.27. The maximum atomic E-state index is 12.3. The van der Waals surface area contributed by atoms with Crippen LogP contribution in [0, 0.1) is 0 Å². The smallest absolute Gasteiger partial charge is 0.323 e. The molecule has 1 aromatic heterocycles. The van der Waals surface area contributed by atoms with Crippen molar-refractivity contribution >= 4 is 11.9 Å². The van der Waals surface area contributed by atoms with Crippen LogP contribution < -0.4 is 0 Å². The van der Waals surface area contributed by atoms with E-state index < -0.39 is 11.9 Å². The van der Waals surface area contributed by atoms with Crippen molar-refractivity contribution in [2.45, 2.75) is 31.7 Å². The van der Waals surface area contributed by atoms with Crippen molar-refractivity contribution in [2.75, 3.05) is 6.54 Å². The van der Waals surface area contributed by atoms with E-state index in [1.54, 1.807) is 0 Å². The number of carboxylic acids is 1. The molecule has 2 rings (SSSR count). The van der Waals surface area contributed by atoms with Crippen LogP contribution in [0.1, 0.15) is 36.2 Å². The van der Waals surface area contributed by atoms with E-state index in [-0.39, 0.29) is 24.0 Å². The molecule has 0 aromatic carbocycles. The summed E-state index contributed by atoms with van der Waals surface area (Å²) in [5.41, 5.74) is -0.0874. The topological polar surface area (TPSA) is 90.7 Å². The zero-order valence-electron chi connectivity index (χ0n) is 10.5. The van der Waals surface area contributed by atoms with Gasteiger partial charge in [0.25, 0.3) is 5.91 Å². The average molecular weight is 264 g/mol. The fraction of sp³-hybridized carbons (Fsp3) is 0.462. The molecule has 2 N–H and O–H groups in total. The van der Waals surface area contributed by atoms with Crippen molar-refractivity contribution in [1.29, 1.82) is 0 Å². The van der Waals surface area contributed by atoms with Crippen molar-refractivity contribution < 1.29 is 19.8 Å². The number of aliphatic carboxylic acids is 1. The van der Waals surface area contributed by atoms with Crippen LogP contribution in [0.4, 0.5) is 0 Å². The first-order valence-corrected chi connectivity index (χ1v) is 6.26. The van der Waals surface area contributed by atoms with Crippen molar-refractivity contribution in [2.24, 2.45) is 0 Å². The van der Waals surface area contributed by atoms with E-state index in [9.17, 15) is 14.7 Å².